The van der Waals surface area contributed by atoms with Crippen LogP contribution in [-0.2, 0) is 0 Å². The molecule has 0 aliphatic carbocycles. The van der Waals surface area contributed by atoms with Crippen LogP contribution in [0.5, 0.6) is 0 Å². The summed E-state index contributed by atoms with van der Waals surface area (Å²) in [5.74, 6) is -4.32. The molecule has 6 heteroatoms. The number of hydrogen-bond acceptors (Lipinski definition) is 0. The van der Waals surface area contributed by atoms with E-state index in [-0.39, 0.29) is 0 Å². The fourth-order valence-corrected chi connectivity index (χ4v) is 0.410. The first-order chi connectivity index (χ1) is 4.90. The zero-order valence-corrected chi connectivity index (χ0v) is 5.21. The van der Waals surface area contributed by atoms with Crippen molar-refractivity contribution in [2.24, 2.45) is 0 Å². The van der Waals surface area contributed by atoms with E-state index in [1.54, 1.807) is 0 Å². The summed E-state index contributed by atoms with van der Waals surface area (Å²) in [6.45, 7) is -0.942. The van der Waals surface area contributed by atoms with Crippen molar-refractivity contribution in [1.29, 1.82) is 0 Å². The molecule has 0 fully saturated rings. The van der Waals surface area contributed by atoms with Crippen LogP contribution >= 0.6 is 0 Å². The summed E-state index contributed by atoms with van der Waals surface area (Å²) in [7, 11) is 0. The maximum absolute atomic E-state index is 11.9. The van der Waals surface area contributed by atoms with Gasteiger partial charge in [-0.1, -0.05) is 0 Å². The van der Waals surface area contributed by atoms with Gasteiger partial charge in [-0.25, -0.2) is 26.3 Å². The molecule has 0 rings (SSSR count). The van der Waals surface area contributed by atoms with Crippen LogP contribution in [0.3, 0.4) is 0 Å². The molecular weight excluding hydrogens is 174 g/mol. The van der Waals surface area contributed by atoms with Crippen LogP contribution in [0, 0.1) is 6.67 Å². The topological polar surface area (TPSA) is 0 Å². The van der Waals surface area contributed by atoms with Gasteiger partial charge >= 0.3 is 0 Å². The minimum atomic E-state index is -4.32. The van der Waals surface area contributed by atoms with E-state index in [0.717, 1.165) is 0 Å². The first-order valence-electron chi connectivity index (χ1n) is 2.63. The van der Waals surface area contributed by atoms with E-state index >= 15 is 0 Å². The quantitative estimate of drug-likeness (QED) is 0.582. The third kappa shape index (κ3) is 3.48. The predicted molar refractivity (Wildman–Crippen MR) is 25.9 cm³/mol. The molecule has 11 heavy (non-hydrogen) atoms. The second-order valence-electron chi connectivity index (χ2n) is 1.88. The number of halogens is 6. The SMILES string of the molecule is F[CH]C(F)C(F)(F)CC(F)F. The van der Waals surface area contributed by atoms with Crippen LogP contribution in [0.4, 0.5) is 26.3 Å². The van der Waals surface area contributed by atoms with Crippen molar-refractivity contribution in [3.63, 3.8) is 0 Å². The van der Waals surface area contributed by atoms with E-state index in [9.17, 15) is 26.3 Å². The molecule has 0 aromatic heterocycles. The molecule has 67 valence electrons. The Bertz CT molecular complexity index is 112. The van der Waals surface area contributed by atoms with Crippen LogP contribution < -0.4 is 0 Å². The van der Waals surface area contributed by atoms with Crippen LogP contribution in [0.25, 0.3) is 0 Å². The molecular formula is C5H5F6. The van der Waals surface area contributed by atoms with Crippen LogP contribution in [0.2, 0.25) is 0 Å². The minimum Gasteiger partial charge on any atom is -0.241 e. The number of alkyl halides is 5. The van der Waals surface area contributed by atoms with Crippen molar-refractivity contribution in [2.45, 2.75) is 24.9 Å². The fourth-order valence-electron chi connectivity index (χ4n) is 0.410. The average Bonchev–Trinajstić information content (AvgIpc) is 1.83. The van der Waals surface area contributed by atoms with Crippen molar-refractivity contribution in [2.75, 3.05) is 0 Å². The Labute approximate surface area is 59.2 Å². The van der Waals surface area contributed by atoms with E-state index in [1.807, 2.05) is 0 Å². The fraction of sp³-hybridized carbons (Fsp3) is 0.800. The average molecular weight is 179 g/mol. The lowest BCUT2D eigenvalue weighted by Gasteiger charge is -2.16. The minimum absolute atomic E-state index is 0.942. The van der Waals surface area contributed by atoms with Gasteiger partial charge in [0.1, 0.15) is 0 Å². The zero-order chi connectivity index (χ0) is 9.07. The van der Waals surface area contributed by atoms with Gasteiger partial charge in [0.2, 0.25) is 6.43 Å². The van der Waals surface area contributed by atoms with Gasteiger partial charge in [0, 0.05) is 0 Å². The van der Waals surface area contributed by atoms with Crippen molar-refractivity contribution >= 4 is 0 Å². The van der Waals surface area contributed by atoms with E-state index in [2.05, 4.69) is 0 Å². The van der Waals surface area contributed by atoms with Gasteiger partial charge in [0.25, 0.3) is 5.92 Å². The van der Waals surface area contributed by atoms with Gasteiger partial charge in [-0.05, 0) is 0 Å². The molecule has 1 unspecified atom stereocenters. The molecule has 1 atom stereocenters. The molecule has 0 aromatic rings. The van der Waals surface area contributed by atoms with Crippen molar-refractivity contribution < 1.29 is 26.3 Å². The summed E-state index contributed by atoms with van der Waals surface area (Å²) in [5.41, 5.74) is 0. The second-order valence-corrected chi connectivity index (χ2v) is 1.88. The molecule has 0 aliphatic rings. The summed E-state index contributed by atoms with van der Waals surface area (Å²) < 4.78 is 69.2. The van der Waals surface area contributed by atoms with Crippen LogP contribution in [0.1, 0.15) is 6.42 Å². The lowest BCUT2D eigenvalue weighted by molar-refractivity contribution is -0.103. The molecule has 0 nitrogen and oxygen atoms in total. The smallest absolute Gasteiger partial charge is 0.241 e. The highest BCUT2D eigenvalue weighted by molar-refractivity contribution is 4.82. The van der Waals surface area contributed by atoms with Gasteiger partial charge in [0.05, 0.1) is 6.42 Å². The molecule has 0 saturated carbocycles. The molecule has 0 aromatic carbocycles. The Morgan fingerprint density at radius 1 is 1.18 bits per heavy atom. The maximum Gasteiger partial charge on any atom is 0.287 e. The van der Waals surface area contributed by atoms with E-state index in [0.29, 0.717) is 0 Å². The Hall–Kier alpha value is -0.420. The summed E-state index contributed by atoms with van der Waals surface area (Å²) in [6.07, 6.45) is -8.56. The van der Waals surface area contributed by atoms with Crippen LogP contribution in [0.15, 0.2) is 0 Å². The molecule has 0 bridgehead atoms. The zero-order valence-electron chi connectivity index (χ0n) is 5.21. The molecule has 0 amide bonds. The van der Waals surface area contributed by atoms with Gasteiger partial charge in [0.15, 0.2) is 12.8 Å². The highest BCUT2D eigenvalue weighted by Crippen LogP contribution is 2.30. The Morgan fingerprint density at radius 3 is 1.91 bits per heavy atom. The molecule has 1 radical (unpaired) electrons. The highest BCUT2D eigenvalue weighted by atomic mass is 19.3. The van der Waals surface area contributed by atoms with Crippen molar-refractivity contribution in [3.05, 3.63) is 6.67 Å². The first kappa shape index (κ1) is 10.6. The van der Waals surface area contributed by atoms with E-state index < -0.39 is 31.6 Å². The number of rotatable bonds is 4. The van der Waals surface area contributed by atoms with Gasteiger partial charge in [-0.2, -0.15) is 0 Å². The Kier molecular flexibility index (Phi) is 3.68. The monoisotopic (exact) mass is 179 g/mol. The summed E-state index contributed by atoms with van der Waals surface area (Å²) in [6, 6.07) is 0. The Balaban J connectivity index is 3.98. The third-order valence-corrected chi connectivity index (χ3v) is 0.941. The van der Waals surface area contributed by atoms with Crippen molar-refractivity contribution in [3.8, 4) is 0 Å². The van der Waals surface area contributed by atoms with E-state index in [1.165, 1.54) is 0 Å². The molecule has 0 N–H and O–H groups in total. The summed E-state index contributed by atoms with van der Waals surface area (Å²) in [5, 5.41) is 0. The van der Waals surface area contributed by atoms with Gasteiger partial charge in [-0.3, -0.25) is 0 Å². The van der Waals surface area contributed by atoms with Crippen molar-refractivity contribution in [1.82, 2.24) is 0 Å². The molecule has 0 heterocycles. The molecule has 0 aliphatic heterocycles. The summed E-state index contributed by atoms with van der Waals surface area (Å²) >= 11 is 0. The number of hydrogen-bond donors (Lipinski definition) is 0. The normalized spacial score (nSPS) is 15.5. The standard InChI is InChI=1S/C5H5F6/c6-2-3(7)5(10,11)1-4(8)9/h2-4H,1H2. The van der Waals surface area contributed by atoms with Crippen LogP contribution in [-0.4, -0.2) is 18.5 Å². The molecule has 0 spiro atoms. The van der Waals surface area contributed by atoms with Gasteiger partial charge in [-0.15, -0.1) is 0 Å². The Morgan fingerprint density at radius 2 is 1.64 bits per heavy atom. The lowest BCUT2D eigenvalue weighted by atomic mass is 10.1. The third-order valence-electron chi connectivity index (χ3n) is 0.941. The molecule has 0 saturated heterocycles. The van der Waals surface area contributed by atoms with E-state index in [4.69, 9.17) is 0 Å². The second kappa shape index (κ2) is 3.82. The van der Waals surface area contributed by atoms with Gasteiger partial charge < -0.3 is 0 Å². The summed E-state index contributed by atoms with van der Waals surface area (Å²) in [4.78, 5) is 0. The maximum atomic E-state index is 11.9. The highest BCUT2D eigenvalue weighted by Gasteiger charge is 2.43. The lowest BCUT2D eigenvalue weighted by Crippen LogP contribution is -2.31. The predicted octanol–water partition coefficient (Wildman–Crippen LogP) is 2.75. The first-order valence-corrected chi connectivity index (χ1v) is 2.63. The largest absolute Gasteiger partial charge is 0.287 e.